The lowest BCUT2D eigenvalue weighted by Crippen LogP contribution is -2.33. The van der Waals surface area contributed by atoms with Gasteiger partial charge in [0.1, 0.15) is 18.5 Å². The molecule has 1 unspecified atom stereocenters. The standard InChI is InChI=1S/C23H21ClF4N2O/c24-22-6-2-1-5-18(22)14-30(13-17-4-3-11-29-12-17)15-20(25)16-31-21-9-7-19(8-10-21)23(26,27)28/h1-12,20H,13-16H2. The van der Waals surface area contributed by atoms with Gasteiger partial charge in [0.05, 0.1) is 5.56 Å². The summed E-state index contributed by atoms with van der Waals surface area (Å²) in [5, 5.41) is 0.593. The normalized spacial score (nSPS) is 12.7. The minimum atomic E-state index is -4.42. The van der Waals surface area contributed by atoms with Gasteiger partial charge in [0.25, 0.3) is 0 Å². The molecule has 0 radical (unpaired) electrons. The van der Waals surface area contributed by atoms with Crippen molar-refractivity contribution in [3.8, 4) is 5.75 Å². The number of halogens is 5. The molecule has 3 nitrogen and oxygen atoms in total. The second-order valence-corrected chi connectivity index (χ2v) is 7.46. The first-order valence-corrected chi connectivity index (χ1v) is 9.98. The zero-order valence-corrected chi connectivity index (χ0v) is 17.3. The van der Waals surface area contributed by atoms with Crippen molar-refractivity contribution in [3.05, 3.63) is 94.8 Å². The van der Waals surface area contributed by atoms with Gasteiger partial charge in [-0.3, -0.25) is 9.88 Å². The van der Waals surface area contributed by atoms with E-state index >= 15 is 0 Å². The predicted molar refractivity (Wildman–Crippen MR) is 112 cm³/mol. The van der Waals surface area contributed by atoms with Gasteiger partial charge in [0, 0.05) is 37.1 Å². The molecule has 8 heteroatoms. The highest BCUT2D eigenvalue weighted by atomic mass is 35.5. The van der Waals surface area contributed by atoms with Crippen molar-refractivity contribution in [1.82, 2.24) is 9.88 Å². The number of rotatable bonds is 9. The smallest absolute Gasteiger partial charge is 0.416 e. The summed E-state index contributed by atoms with van der Waals surface area (Å²) in [4.78, 5) is 5.98. The van der Waals surface area contributed by atoms with Crippen LogP contribution in [-0.4, -0.2) is 29.2 Å². The summed E-state index contributed by atoms with van der Waals surface area (Å²) in [5.41, 5.74) is 1.01. The van der Waals surface area contributed by atoms with Gasteiger partial charge < -0.3 is 4.74 Å². The number of nitrogens with zero attached hydrogens (tertiary/aromatic N) is 2. The molecule has 0 spiro atoms. The molecule has 1 heterocycles. The number of benzene rings is 2. The first kappa shape index (κ1) is 23.0. The van der Waals surface area contributed by atoms with E-state index in [0.717, 1.165) is 23.3 Å². The molecule has 3 rings (SSSR count). The minimum Gasteiger partial charge on any atom is -0.491 e. The number of hydrogen-bond acceptors (Lipinski definition) is 3. The number of alkyl halides is 4. The van der Waals surface area contributed by atoms with E-state index in [1.54, 1.807) is 18.5 Å². The van der Waals surface area contributed by atoms with Gasteiger partial charge in [0.15, 0.2) is 0 Å². The summed E-state index contributed by atoms with van der Waals surface area (Å²) in [6.45, 7) is 0.660. The van der Waals surface area contributed by atoms with Crippen molar-refractivity contribution >= 4 is 11.6 Å². The molecule has 0 aliphatic carbocycles. The molecule has 0 aliphatic heterocycles. The highest BCUT2D eigenvalue weighted by Gasteiger charge is 2.30. The Labute approximate surface area is 183 Å². The highest BCUT2D eigenvalue weighted by molar-refractivity contribution is 6.31. The summed E-state index contributed by atoms with van der Waals surface area (Å²) >= 11 is 6.26. The molecule has 0 saturated carbocycles. The second kappa shape index (κ2) is 10.6. The van der Waals surface area contributed by atoms with Crippen LogP contribution in [0.4, 0.5) is 17.6 Å². The summed E-state index contributed by atoms with van der Waals surface area (Å²) in [6, 6.07) is 15.3. The molecule has 3 aromatic rings. The second-order valence-electron chi connectivity index (χ2n) is 7.05. The van der Waals surface area contributed by atoms with Gasteiger partial charge in [0.2, 0.25) is 0 Å². The van der Waals surface area contributed by atoms with Gasteiger partial charge in [-0.2, -0.15) is 13.2 Å². The number of ether oxygens (including phenoxy) is 1. The third kappa shape index (κ3) is 7.22. The van der Waals surface area contributed by atoms with Gasteiger partial charge >= 0.3 is 6.18 Å². The molecule has 1 aromatic heterocycles. The maximum Gasteiger partial charge on any atom is 0.416 e. The quantitative estimate of drug-likeness (QED) is 0.363. The van der Waals surface area contributed by atoms with E-state index in [-0.39, 0.29) is 18.9 Å². The summed E-state index contributed by atoms with van der Waals surface area (Å²) < 4.78 is 58.0. The number of pyridine rings is 1. The Kier molecular flexibility index (Phi) is 7.87. The molecule has 164 valence electrons. The van der Waals surface area contributed by atoms with Crippen LogP contribution >= 0.6 is 11.6 Å². The molecule has 0 saturated heterocycles. The fraction of sp³-hybridized carbons (Fsp3) is 0.261. The van der Waals surface area contributed by atoms with E-state index in [0.29, 0.717) is 18.1 Å². The molecule has 1 atom stereocenters. The van der Waals surface area contributed by atoms with Crippen LogP contribution in [0.3, 0.4) is 0 Å². The zero-order chi connectivity index (χ0) is 22.3. The Morgan fingerprint density at radius 2 is 1.71 bits per heavy atom. The van der Waals surface area contributed by atoms with Crippen molar-refractivity contribution in [3.63, 3.8) is 0 Å². The Balaban J connectivity index is 1.62. The molecular formula is C23H21ClF4N2O. The first-order valence-electron chi connectivity index (χ1n) is 9.60. The average molecular weight is 453 g/mol. The van der Waals surface area contributed by atoms with Crippen LogP contribution in [-0.2, 0) is 19.3 Å². The maximum atomic E-state index is 14.7. The fourth-order valence-electron chi connectivity index (χ4n) is 3.06. The third-order valence-electron chi connectivity index (χ3n) is 4.55. The molecular weight excluding hydrogens is 432 g/mol. The third-order valence-corrected chi connectivity index (χ3v) is 4.92. The zero-order valence-electron chi connectivity index (χ0n) is 16.5. The van der Waals surface area contributed by atoms with Crippen molar-refractivity contribution in [2.45, 2.75) is 25.4 Å². The van der Waals surface area contributed by atoms with E-state index < -0.39 is 17.9 Å². The maximum absolute atomic E-state index is 14.7. The minimum absolute atomic E-state index is 0.0563. The van der Waals surface area contributed by atoms with Gasteiger partial charge in [-0.25, -0.2) is 4.39 Å². The lowest BCUT2D eigenvalue weighted by atomic mass is 10.2. The topological polar surface area (TPSA) is 25.4 Å². The number of hydrogen-bond donors (Lipinski definition) is 0. The van der Waals surface area contributed by atoms with Crippen LogP contribution in [0.25, 0.3) is 0 Å². The van der Waals surface area contributed by atoms with E-state index in [4.69, 9.17) is 16.3 Å². The van der Waals surface area contributed by atoms with Gasteiger partial charge in [-0.15, -0.1) is 0 Å². The Morgan fingerprint density at radius 1 is 0.968 bits per heavy atom. The van der Waals surface area contributed by atoms with Crippen LogP contribution in [0.2, 0.25) is 5.02 Å². The first-order chi connectivity index (χ1) is 14.8. The molecule has 2 aromatic carbocycles. The number of aromatic nitrogens is 1. The van der Waals surface area contributed by atoms with E-state index in [2.05, 4.69) is 4.98 Å². The van der Waals surface area contributed by atoms with Crippen molar-refractivity contribution in [2.75, 3.05) is 13.2 Å². The molecule has 0 N–H and O–H groups in total. The van der Waals surface area contributed by atoms with Crippen LogP contribution in [0, 0.1) is 0 Å². The van der Waals surface area contributed by atoms with E-state index in [9.17, 15) is 17.6 Å². The van der Waals surface area contributed by atoms with E-state index in [1.165, 1.54) is 12.1 Å². The molecule has 0 fully saturated rings. The fourth-order valence-corrected chi connectivity index (χ4v) is 3.26. The lowest BCUT2D eigenvalue weighted by Gasteiger charge is -2.25. The van der Waals surface area contributed by atoms with Crippen LogP contribution in [0.1, 0.15) is 16.7 Å². The molecule has 31 heavy (non-hydrogen) atoms. The van der Waals surface area contributed by atoms with Crippen molar-refractivity contribution < 1.29 is 22.3 Å². The van der Waals surface area contributed by atoms with E-state index in [1.807, 2.05) is 35.2 Å². The summed E-state index contributed by atoms with van der Waals surface area (Å²) in [6.07, 6.45) is -2.41. The lowest BCUT2D eigenvalue weighted by molar-refractivity contribution is -0.137. The molecule has 0 amide bonds. The largest absolute Gasteiger partial charge is 0.491 e. The van der Waals surface area contributed by atoms with Crippen LogP contribution in [0.15, 0.2) is 73.1 Å². The van der Waals surface area contributed by atoms with Gasteiger partial charge in [-0.05, 0) is 47.5 Å². The van der Waals surface area contributed by atoms with Crippen molar-refractivity contribution in [2.24, 2.45) is 0 Å². The monoisotopic (exact) mass is 452 g/mol. The SMILES string of the molecule is FC(COc1ccc(C(F)(F)F)cc1)CN(Cc1cccnc1)Cc1ccccc1Cl. The highest BCUT2D eigenvalue weighted by Crippen LogP contribution is 2.30. The Hall–Kier alpha value is -2.64. The predicted octanol–water partition coefficient (Wildman–Crippen LogP) is 6.17. The average Bonchev–Trinajstić information content (AvgIpc) is 2.74. The van der Waals surface area contributed by atoms with Gasteiger partial charge in [-0.1, -0.05) is 35.9 Å². The van der Waals surface area contributed by atoms with Crippen LogP contribution in [0.5, 0.6) is 5.75 Å². The van der Waals surface area contributed by atoms with Crippen molar-refractivity contribution in [1.29, 1.82) is 0 Å². The summed E-state index contributed by atoms with van der Waals surface area (Å²) in [5.74, 6) is 0.181. The van der Waals surface area contributed by atoms with Crippen LogP contribution < -0.4 is 4.74 Å². The molecule has 0 aliphatic rings. The Morgan fingerprint density at radius 3 is 2.35 bits per heavy atom. The molecule has 0 bridgehead atoms. The summed E-state index contributed by atoms with van der Waals surface area (Å²) in [7, 11) is 0. The Bertz CT molecular complexity index is 952.